The highest BCUT2D eigenvalue weighted by molar-refractivity contribution is 7.86. The Morgan fingerprint density at radius 2 is 1.82 bits per heavy atom. The number of amides is 2. The lowest BCUT2D eigenvalue weighted by molar-refractivity contribution is -0.119. The van der Waals surface area contributed by atoms with Gasteiger partial charge in [0.1, 0.15) is 5.75 Å². The van der Waals surface area contributed by atoms with E-state index in [9.17, 15) is 13.8 Å². The summed E-state index contributed by atoms with van der Waals surface area (Å²) in [6, 6.07) is 6.36. The number of hydrogen-bond donors (Lipinski definition) is 2. The molecule has 1 atom stereocenters. The van der Waals surface area contributed by atoms with Crippen molar-refractivity contribution < 1.29 is 18.5 Å². The Balaban J connectivity index is 2.46. The molecule has 0 aliphatic heterocycles. The summed E-state index contributed by atoms with van der Waals surface area (Å²) in [5.41, 5.74) is 5.44. The molecule has 0 radical (unpaired) electrons. The summed E-state index contributed by atoms with van der Waals surface area (Å²) in [6.45, 7) is 5.84. The highest BCUT2D eigenvalue weighted by Gasteiger charge is 2.19. The number of ether oxygens (including phenoxy) is 1. The molecule has 0 aliphatic carbocycles. The van der Waals surface area contributed by atoms with Crippen LogP contribution in [0.15, 0.2) is 24.3 Å². The summed E-state index contributed by atoms with van der Waals surface area (Å²) in [5, 5.41) is 2.72. The maximum Gasteiger partial charge on any atom is 0.255 e. The Morgan fingerprint density at radius 3 is 2.32 bits per heavy atom. The van der Waals surface area contributed by atoms with Crippen molar-refractivity contribution in [2.24, 2.45) is 5.73 Å². The van der Waals surface area contributed by atoms with Gasteiger partial charge in [-0.15, -0.1) is 0 Å². The minimum absolute atomic E-state index is 0.204. The fraction of sp³-hybridized carbons (Fsp3) is 0.467. The van der Waals surface area contributed by atoms with E-state index in [4.69, 9.17) is 10.5 Å². The molecule has 3 N–H and O–H groups in total. The Morgan fingerprint density at radius 1 is 1.23 bits per heavy atom. The molecule has 1 rings (SSSR count). The summed E-state index contributed by atoms with van der Waals surface area (Å²) in [7, 11) is -1.000. The van der Waals surface area contributed by atoms with Crippen molar-refractivity contribution in [1.29, 1.82) is 0 Å². The second-order valence-corrected chi connectivity index (χ2v) is 8.02. The fourth-order valence-corrected chi connectivity index (χ4v) is 2.42. The zero-order valence-corrected chi connectivity index (χ0v) is 13.9. The molecule has 122 valence electrons. The van der Waals surface area contributed by atoms with Gasteiger partial charge >= 0.3 is 0 Å². The maximum absolute atomic E-state index is 11.9. The number of carbonyl (C=O) groups is 2. The van der Waals surface area contributed by atoms with Crippen molar-refractivity contribution in [2.45, 2.75) is 25.5 Å². The first-order chi connectivity index (χ1) is 10.2. The largest absolute Gasteiger partial charge is 0.484 e. The number of benzene rings is 1. The Hall–Kier alpha value is -1.89. The molecule has 1 aromatic rings. The normalized spacial score (nSPS) is 12.5. The smallest absolute Gasteiger partial charge is 0.255 e. The summed E-state index contributed by atoms with van der Waals surface area (Å²) < 4.78 is 16.7. The van der Waals surface area contributed by atoms with Gasteiger partial charge in [0.2, 0.25) is 0 Å². The van der Waals surface area contributed by atoms with Crippen LogP contribution in [0.2, 0.25) is 0 Å². The second kappa shape index (κ2) is 7.93. The Labute approximate surface area is 132 Å². The van der Waals surface area contributed by atoms with Crippen molar-refractivity contribution in [2.75, 3.05) is 18.9 Å². The average Bonchev–Trinajstić information content (AvgIpc) is 2.44. The SMILES string of the molecule is CC(C)(C)S(=O)CCNC(=O)c1ccc(OCC(N)=O)cc1. The molecule has 1 unspecified atom stereocenters. The van der Waals surface area contributed by atoms with E-state index in [2.05, 4.69) is 5.32 Å². The van der Waals surface area contributed by atoms with Crippen molar-refractivity contribution in [1.82, 2.24) is 5.32 Å². The molecule has 6 nitrogen and oxygen atoms in total. The molecule has 0 saturated carbocycles. The van der Waals surface area contributed by atoms with Gasteiger partial charge in [-0.25, -0.2) is 0 Å². The highest BCUT2D eigenvalue weighted by atomic mass is 32.2. The van der Waals surface area contributed by atoms with Gasteiger partial charge < -0.3 is 15.8 Å². The van der Waals surface area contributed by atoms with E-state index < -0.39 is 16.7 Å². The second-order valence-electron chi connectivity index (χ2n) is 5.70. The Bertz CT molecular complexity index is 550. The number of carbonyl (C=O) groups excluding carboxylic acids is 2. The van der Waals surface area contributed by atoms with Crippen LogP contribution in [-0.4, -0.2) is 39.7 Å². The third kappa shape index (κ3) is 6.26. The Kier molecular flexibility index (Phi) is 6.55. The first kappa shape index (κ1) is 18.2. The van der Waals surface area contributed by atoms with E-state index in [1.807, 2.05) is 20.8 Å². The van der Waals surface area contributed by atoms with Crippen LogP contribution in [0.25, 0.3) is 0 Å². The molecule has 0 fully saturated rings. The van der Waals surface area contributed by atoms with Gasteiger partial charge in [-0.2, -0.15) is 0 Å². The molecule has 0 bridgehead atoms. The van der Waals surface area contributed by atoms with Gasteiger partial charge in [0.05, 0.1) is 0 Å². The highest BCUT2D eigenvalue weighted by Crippen LogP contribution is 2.12. The zero-order chi connectivity index (χ0) is 16.8. The topological polar surface area (TPSA) is 98.5 Å². The van der Waals surface area contributed by atoms with Crippen LogP contribution in [0.3, 0.4) is 0 Å². The van der Waals surface area contributed by atoms with Crippen LogP contribution < -0.4 is 15.8 Å². The molecular weight excluding hydrogens is 304 g/mol. The van der Waals surface area contributed by atoms with E-state index >= 15 is 0 Å². The van der Waals surface area contributed by atoms with Crippen LogP contribution in [0.4, 0.5) is 0 Å². The van der Waals surface area contributed by atoms with Crippen LogP contribution in [0.5, 0.6) is 5.75 Å². The quantitative estimate of drug-likeness (QED) is 0.775. The van der Waals surface area contributed by atoms with Gasteiger partial charge in [0, 0.05) is 33.4 Å². The van der Waals surface area contributed by atoms with Gasteiger partial charge in [-0.05, 0) is 45.0 Å². The van der Waals surface area contributed by atoms with Crippen molar-refractivity contribution >= 4 is 22.6 Å². The summed E-state index contributed by atoms with van der Waals surface area (Å²) in [4.78, 5) is 22.5. The first-order valence-corrected chi connectivity index (χ1v) is 8.20. The lowest BCUT2D eigenvalue weighted by Crippen LogP contribution is -2.32. The monoisotopic (exact) mass is 326 g/mol. The zero-order valence-electron chi connectivity index (χ0n) is 13.0. The third-order valence-corrected chi connectivity index (χ3v) is 4.69. The number of primary amides is 1. The number of nitrogens with two attached hydrogens (primary N) is 1. The fourth-order valence-electron chi connectivity index (χ4n) is 1.52. The van der Waals surface area contributed by atoms with E-state index in [-0.39, 0.29) is 17.3 Å². The van der Waals surface area contributed by atoms with E-state index in [0.717, 1.165) is 0 Å². The molecule has 0 aliphatic rings. The third-order valence-electron chi connectivity index (χ3n) is 2.75. The molecular formula is C15H22N2O4S. The lowest BCUT2D eigenvalue weighted by atomic mass is 10.2. The minimum atomic E-state index is -1.000. The lowest BCUT2D eigenvalue weighted by Gasteiger charge is -2.17. The molecule has 0 aromatic heterocycles. The molecule has 0 saturated heterocycles. The van der Waals surface area contributed by atoms with E-state index in [0.29, 0.717) is 23.6 Å². The first-order valence-electron chi connectivity index (χ1n) is 6.88. The molecule has 22 heavy (non-hydrogen) atoms. The van der Waals surface area contributed by atoms with Crippen LogP contribution in [0.1, 0.15) is 31.1 Å². The molecule has 0 heterocycles. The predicted molar refractivity (Wildman–Crippen MR) is 86.2 cm³/mol. The minimum Gasteiger partial charge on any atom is -0.484 e. The molecule has 1 aromatic carbocycles. The van der Waals surface area contributed by atoms with Crippen LogP contribution >= 0.6 is 0 Å². The van der Waals surface area contributed by atoms with Crippen LogP contribution in [0, 0.1) is 0 Å². The average molecular weight is 326 g/mol. The van der Waals surface area contributed by atoms with Crippen molar-refractivity contribution in [3.8, 4) is 5.75 Å². The van der Waals surface area contributed by atoms with E-state index in [1.165, 1.54) is 0 Å². The van der Waals surface area contributed by atoms with Crippen molar-refractivity contribution in [3.63, 3.8) is 0 Å². The van der Waals surface area contributed by atoms with Gasteiger partial charge in [-0.3, -0.25) is 13.8 Å². The van der Waals surface area contributed by atoms with Gasteiger partial charge in [0.15, 0.2) is 6.61 Å². The standard InChI is InChI=1S/C15H22N2O4S/c1-15(2,3)22(20)9-8-17-14(19)11-4-6-12(7-5-11)21-10-13(16)18/h4-7H,8-10H2,1-3H3,(H2,16,18)(H,17,19). The summed E-state index contributed by atoms with van der Waals surface area (Å²) in [6.07, 6.45) is 0. The molecule has 0 spiro atoms. The molecule has 2 amide bonds. The number of hydrogen-bond acceptors (Lipinski definition) is 4. The summed E-state index contributed by atoms with van der Waals surface area (Å²) in [5.74, 6) is 0.0694. The van der Waals surface area contributed by atoms with Crippen molar-refractivity contribution in [3.05, 3.63) is 29.8 Å². The maximum atomic E-state index is 11.9. The number of rotatable bonds is 7. The van der Waals surface area contributed by atoms with Gasteiger partial charge in [-0.1, -0.05) is 0 Å². The van der Waals surface area contributed by atoms with E-state index in [1.54, 1.807) is 24.3 Å². The number of nitrogens with one attached hydrogen (secondary N) is 1. The van der Waals surface area contributed by atoms with Gasteiger partial charge in [0.25, 0.3) is 11.8 Å². The van der Waals surface area contributed by atoms with Crippen LogP contribution in [-0.2, 0) is 15.6 Å². The predicted octanol–water partition coefficient (Wildman–Crippen LogP) is 0.828. The molecule has 7 heteroatoms. The summed E-state index contributed by atoms with van der Waals surface area (Å²) >= 11 is 0.